The van der Waals surface area contributed by atoms with Crippen molar-refractivity contribution in [3.63, 3.8) is 0 Å². The van der Waals surface area contributed by atoms with E-state index in [4.69, 9.17) is 42.6 Å². The number of ether oxygens (including phenoxy) is 9. The highest BCUT2D eigenvalue weighted by molar-refractivity contribution is 7.24. The SMILES string of the molecule is C=CC(=O)OCCOCCOC(C)OCCCCC(CCCOC(C)OCCOCCOC(=O)C=C)C(=O)COc1ccc2sc3ccccc3c(=O)c2c1. The Morgan fingerprint density at radius 2 is 1.20 bits per heavy atom. The number of benzene rings is 2. The van der Waals surface area contributed by atoms with Crippen molar-refractivity contribution in [3.8, 4) is 5.75 Å². The molecule has 0 saturated heterocycles. The lowest BCUT2D eigenvalue weighted by molar-refractivity contribution is -0.146. The van der Waals surface area contributed by atoms with Crippen molar-refractivity contribution in [2.75, 3.05) is 72.7 Å². The molecular formula is C41H54O13S. The Kier molecular flexibility index (Phi) is 22.0. The third-order valence-electron chi connectivity index (χ3n) is 8.17. The number of unbranched alkanes of at least 4 members (excludes halogenated alkanes) is 1. The largest absolute Gasteiger partial charge is 0.486 e. The topological polar surface area (TPSA) is 151 Å². The number of ketones is 1. The maximum Gasteiger partial charge on any atom is 0.330 e. The Labute approximate surface area is 326 Å². The van der Waals surface area contributed by atoms with Crippen LogP contribution in [0.5, 0.6) is 5.75 Å². The summed E-state index contributed by atoms with van der Waals surface area (Å²) < 4.78 is 51.0. The van der Waals surface area contributed by atoms with Gasteiger partial charge in [0, 0.05) is 51.5 Å². The predicted molar refractivity (Wildman–Crippen MR) is 209 cm³/mol. The molecule has 0 aliphatic carbocycles. The molecule has 0 spiro atoms. The van der Waals surface area contributed by atoms with Crippen molar-refractivity contribution in [1.29, 1.82) is 0 Å². The van der Waals surface area contributed by atoms with Gasteiger partial charge in [0.25, 0.3) is 0 Å². The molecule has 3 aromatic rings. The number of carbonyl (C=O) groups is 3. The molecule has 0 amide bonds. The van der Waals surface area contributed by atoms with E-state index >= 15 is 0 Å². The molecule has 0 radical (unpaired) electrons. The molecule has 55 heavy (non-hydrogen) atoms. The molecule has 302 valence electrons. The molecule has 2 aromatic carbocycles. The number of hydrogen-bond acceptors (Lipinski definition) is 14. The van der Waals surface area contributed by atoms with Crippen molar-refractivity contribution in [1.82, 2.24) is 0 Å². The number of esters is 2. The van der Waals surface area contributed by atoms with E-state index in [0.29, 0.717) is 75.4 Å². The highest BCUT2D eigenvalue weighted by atomic mass is 32.1. The van der Waals surface area contributed by atoms with Crippen LogP contribution in [0.15, 0.2) is 72.6 Å². The number of carbonyl (C=O) groups excluding carboxylic acids is 3. The Morgan fingerprint density at radius 3 is 1.84 bits per heavy atom. The molecule has 3 unspecified atom stereocenters. The van der Waals surface area contributed by atoms with Crippen molar-refractivity contribution >= 4 is 49.2 Å². The second kappa shape index (κ2) is 26.7. The fourth-order valence-corrected chi connectivity index (χ4v) is 6.35. The molecule has 3 atom stereocenters. The van der Waals surface area contributed by atoms with Gasteiger partial charge in [0.15, 0.2) is 23.8 Å². The predicted octanol–water partition coefficient (Wildman–Crippen LogP) is 6.18. The van der Waals surface area contributed by atoms with Crippen molar-refractivity contribution in [3.05, 3.63) is 78.0 Å². The van der Waals surface area contributed by atoms with Gasteiger partial charge in [-0.05, 0) is 69.9 Å². The van der Waals surface area contributed by atoms with E-state index in [1.165, 1.54) is 0 Å². The minimum Gasteiger partial charge on any atom is -0.486 e. The molecule has 0 bridgehead atoms. The standard InChI is InChI=1S/C41H54O13S/c1-5-39(43)52-26-22-46-20-24-50-30(3)48-18-10-9-12-32(13-11-19-49-31(4)51-25-21-47-23-27-53-40(44)6-2)36(42)29-54-33-16-17-38-35(28-33)41(45)34-14-7-8-15-37(34)55-38/h5-8,14-17,28,30-32H,1-2,9-13,18-27,29H2,3-4H3. The van der Waals surface area contributed by atoms with Gasteiger partial charge < -0.3 is 42.6 Å². The molecule has 13 nitrogen and oxygen atoms in total. The summed E-state index contributed by atoms with van der Waals surface area (Å²) in [6.45, 7) is 13.1. The number of rotatable bonds is 31. The van der Waals surface area contributed by atoms with Crippen LogP contribution in [0.2, 0.25) is 0 Å². The van der Waals surface area contributed by atoms with Gasteiger partial charge in [0.1, 0.15) is 25.6 Å². The molecule has 0 saturated carbocycles. The summed E-state index contributed by atoms with van der Waals surface area (Å²) in [5.74, 6) is -0.806. The molecule has 1 heterocycles. The average molecular weight is 787 g/mol. The van der Waals surface area contributed by atoms with Crippen molar-refractivity contribution in [2.45, 2.75) is 58.5 Å². The summed E-state index contributed by atoms with van der Waals surface area (Å²) in [4.78, 5) is 48.7. The molecule has 3 rings (SSSR count). The third kappa shape index (κ3) is 18.0. The summed E-state index contributed by atoms with van der Waals surface area (Å²) in [6, 6.07) is 12.9. The van der Waals surface area contributed by atoms with Crippen LogP contribution in [-0.4, -0.2) is 103 Å². The highest BCUT2D eigenvalue weighted by Gasteiger charge is 2.20. The lowest BCUT2D eigenvalue weighted by Gasteiger charge is -2.18. The molecular weight excluding hydrogens is 733 g/mol. The average Bonchev–Trinajstić information content (AvgIpc) is 3.19. The van der Waals surface area contributed by atoms with E-state index in [0.717, 1.165) is 34.4 Å². The fourth-order valence-electron chi connectivity index (χ4n) is 5.30. The van der Waals surface area contributed by atoms with E-state index in [9.17, 15) is 19.2 Å². The summed E-state index contributed by atoms with van der Waals surface area (Å²) >= 11 is 1.54. The van der Waals surface area contributed by atoms with E-state index in [2.05, 4.69) is 13.2 Å². The van der Waals surface area contributed by atoms with Gasteiger partial charge in [0.05, 0.1) is 39.6 Å². The van der Waals surface area contributed by atoms with Crippen molar-refractivity contribution < 1.29 is 57.0 Å². The monoisotopic (exact) mass is 786 g/mol. The van der Waals surface area contributed by atoms with Gasteiger partial charge in [0.2, 0.25) is 0 Å². The Bertz CT molecular complexity index is 1690. The van der Waals surface area contributed by atoms with Crippen LogP contribution in [0.1, 0.15) is 46.0 Å². The number of hydrogen-bond donors (Lipinski definition) is 0. The minimum atomic E-state index is -0.496. The van der Waals surface area contributed by atoms with Gasteiger partial charge in [-0.25, -0.2) is 9.59 Å². The van der Waals surface area contributed by atoms with Crippen LogP contribution in [0.25, 0.3) is 20.2 Å². The van der Waals surface area contributed by atoms with E-state index in [1.807, 2.05) is 37.3 Å². The van der Waals surface area contributed by atoms with E-state index in [1.54, 1.807) is 30.4 Å². The quantitative estimate of drug-likeness (QED) is 0.0240. The van der Waals surface area contributed by atoms with Gasteiger partial charge in [-0.2, -0.15) is 0 Å². The van der Waals surface area contributed by atoms with Crippen LogP contribution < -0.4 is 10.2 Å². The molecule has 1 aromatic heterocycles. The summed E-state index contributed by atoms with van der Waals surface area (Å²) in [6.07, 6.45) is 4.67. The molecule has 0 aliphatic heterocycles. The second-order valence-corrected chi connectivity index (χ2v) is 13.3. The first-order valence-electron chi connectivity index (χ1n) is 18.5. The summed E-state index contributed by atoms with van der Waals surface area (Å²) in [5.41, 5.74) is -0.0599. The summed E-state index contributed by atoms with van der Waals surface area (Å²) in [5, 5.41) is 1.23. The Hall–Kier alpha value is -4.02. The number of Topliss-reactive ketones (excluding diaryl/α,β-unsaturated/α-hetero) is 1. The van der Waals surface area contributed by atoms with Gasteiger partial charge in [-0.1, -0.05) is 31.7 Å². The zero-order chi connectivity index (χ0) is 39.7. The van der Waals surface area contributed by atoms with Crippen LogP contribution in [0.4, 0.5) is 0 Å². The van der Waals surface area contributed by atoms with Crippen molar-refractivity contribution in [2.24, 2.45) is 5.92 Å². The third-order valence-corrected chi connectivity index (χ3v) is 9.32. The maximum absolute atomic E-state index is 13.5. The first kappa shape index (κ1) is 45.4. The normalized spacial score (nSPS) is 12.9. The zero-order valence-corrected chi connectivity index (χ0v) is 32.7. The Morgan fingerprint density at radius 1 is 0.655 bits per heavy atom. The fraction of sp³-hybridized carbons (Fsp3) is 0.512. The number of fused-ring (bicyclic) bond motifs is 2. The Balaban J connectivity index is 1.42. The lowest BCUT2D eigenvalue weighted by Crippen LogP contribution is -2.23. The van der Waals surface area contributed by atoms with Gasteiger partial charge in [-0.15, -0.1) is 11.3 Å². The maximum atomic E-state index is 13.5. The molecule has 14 heteroatoms. The van der Waals surface area contributed by atoms with Gasteiger partial charge in [-0.3, -0.25) is 9.59 Å². The second-order valence-electron chi connectivity index (χ2n) is 12.3. The van der Waals surface area contributed by atoms with Crippen LogP contribution in [0.3, 0.4) is 0 Å². The minimum absolute atomic E-state index is 0.0270. The summed E-state index contributed by atoms with van der Waals surface area (Å²) in [7, 11) is 0. The molecule has 0 aliphatic rings. The van der Waals surface area contributed by atoms with Crippen LogP contribution in [-0.2, 0) is 52.3 Å². The zero-order valence-electron chi connectivity index (χ0n) is 31.9. The van der Waals surface area contributed by atoms with Crippen LogP contribution >= 0.6 is 11.3 Å². The molecule has 0 fully saturated rings. The first-order valence-corrected chi connectivity index (χ1v) is 19.3. The van der Waals surface area contributed by atoms with Crippen LogP contribution in [0, 0.1) is 5.92 Å². The lowest BCUT2D eigenvalue weighted by atomic mass is 9.93. The van der Waals surface area contributed by atoms with Gasteiger partial charge >= 0.3 is 11.9 Å². The first-order chi connectivity index (χ1) is 26.7. The molecule has 0 N–H and O–H groups in total. The smallest absolute Gasteiger partial charge is 0.330 e. The van der Waals surface area contributed by atoms with E-state index in [-0.39, 0.29) is 50.2 Å². The highest BCUT2D eigenvalue weighted by Crippen LogP contribution is 2.27. The van der Waals surface area contributed by atoms with E-state index < -0.39 is 24.5 Å².